The molecule has 0 radical (unpaired) electrons. The number of nitrogens with zero attached hydrogens (tertiary/aromatic N) is 3. The van der Waals surface area contributed by atoms with Crippen molar-refractivity contribution in [3.63, 3.8) is 0 Å². The first-order valence-corrected chi connectivity index (χ1v) is 7.22. The number of carbonyl (C=O) groups excluding carboxylic acids is 1. The van der Waals surface area contributed by atoms with E-state index in [9.17, 15) is 9.90 Å². The first-order chi connectivity index (χ1) is 11.6. The average Bonchev–Trinajstić information content (AvgIpc) is 3.21. The van der Waals surface area contributed by atoms with Crippen molar-refractivity contribution in [3.05, 3.63) is 53.0 Å². The van der Waals surface area contributed by atoms with E-state index < -0.39 is 12.6 Å². The van der Waals surface area contributed by atoms with E-state index in [1.165, 1.54) is 10.9 Å². The van der Waals surface area contributed by atoms with Gasteiger partial charge < -0.3 is 19.1 Å². The summed E-state index contributed by atoms with van der Waals surface area (Å²) >= 11 is 5.15. The molecule has 0 saturated carbocycles. The van der Waals surface area contributed by atoms with Crippen molar-refractivity contribution in [3.8, 4) is 17.3 Å². The fourth-order valence-electron chi connectivity index (χ4n) is 1.88. The standard InChI is InChI=1S/C15H12N4O4S/c20-13(21)9-23-11-5-3-10(4-6-11)8-16-19-14(17-18-15(19)24)12-2-1-7-22-12/h1-8H,9H2,(H,18,24)(H,20,21)/p-1/b16-8-. The zero-order valence-electron chi connectivity index (χ0n) is 12.2. The predicted octanol–water partition coefficient (Wildman–Crippen LogP) is 1.21. The molecule has 24 heavy (non-hydrogen) atoms. The Bertz CT molecular complexity index is 910. The minimum absolute atomic E-state index is 0.326. The molecule has 0 aliphatic carbocycles. The quantitative estimate of drug-likeness (QED) is 0.532. The highest BCUT2D eigenvalue weighted by Crippen LogP contribution is 2.17. The Morgan fingerprint density at radius 1 is 1.42 bits per heavy atom. The number of nitrogens with one attached hydrogen (secondary N) is 1. The number of carboxylic acids is 1. The minimum Gasteiger partial charge on any atom is -0.546 e. The third-order valence-electron chi connectivity index (χ3n) is 2.95. The van der Waals surface area contributed by atoms with Gasteiger partial charge in [0.1, 0.15) is 12.4 Å². The molecule has 3 aromatic rings. The Labute approximate surface area is 141 Å². The first kappa shape index (κ1) is 15.7. The molecule has 0 spiro atoms. The van der Waals surface area contributed by atoms with Crippen LogP contribution in [0.5, 0.6) is 5.75 Å². The Morgan fingerprint density at radius 2 is 2.21 bits per heavy atom. The highest BCUT2D eigenvalue weighted by atomic mass is 32.1. The second-order valence-electron chi connectivity index (χ2n) is 4.62. The molecule has 2 aromatic heterocycles. The molecule has 122 valence electrons. The summed E-state index contributed by atoms with van der Waals surface area (Å²) in [5.41, 5.74) is 0.768. The maximum absolute atomic E-state index is 10.3. The van der Waals surface area contributed by atoms with E-state index in [0.29, 0.717) is 22.1 Å². The number of furan rings is 1. The molecular formula is C15H11N4O4S-. The lowest BCUT2D eigenvalue weighted by molar-refractivity contribution is -0.307. The Morgan fingerprint density at radius 3 is 2.88 bits per heavy atom. The summed E-state index contributed by atoms with van der Waals surface area (Å²) in [7, 11) is 0. The van der Waals surface area contributed by atoms with Gasteiger partial charge in [0.05, 0.1) is 18.4 Å². The summed E-state index contributed by atoms with van der Waals surface area (Å²) < 4.78 is 12.1. The number of carboxylic acid groups (broad SMARTS) is 1. The topological polar surface area (TPSA) is 108 Å². The van der Waals surface area contributed by atoms with Crippen molar-refractivity contribution >= 4 is 24.4 Å². The van der Waals surface area contributed by atoms with Crippen molar-refractivity contribution in [2.24, 2.45) is 5.10 Å². The van der Waals surface area contributed by atoms with Crippen LogP contribution in [0.1, 0.15) is 5.56 Å². The SMILES string of the molecule is O=C([O-])COc1ccc(/C=N\n2c(-c3ccco3)n[nH]c2=S)cc1. The summed E-state index contributed by atoms with van der Waals surface area (Å²) in [6.07, 6.45) is 3.12. The molecule has 9 heteroatoms. The Kier molecular flexibility index (Phi) is 4.52. The molecule has 8 nitrogen and oxygen atoms in total. The van der Waals surface area contributed by atoms with E-state index >= 15 is 0 Å². The fraction of sp³-hybridized carbons (Fsp3) is 0.0667. The molecule has 0 unspecified atom stereocenters. The molecular weight excluding hydrogens is 332 g/mol. The summed E-state index contributed by atoms with van der Waals surface area (Å²) in [4.78, 5) is 10.3. The van der Waals surface area contributed by atoms with Gasteiger partial charge in [0.15, 0.2) is 5.76 Å². The van der Waals surface area contributed by atoms with Crippen LogP contribution in [0.3, 0.4) is 0 Å². The third-order valence-corrected chi connectivity index (χ3v) is 3.22. The van der Waals surface area contributed by atoms with Crippen LogP contribution in [-0.4, -0.2) is 33.7 Å². The second kappa shape index (κ2) is 6.92. The molecule has 0 aliphatic heterocycles. The molecule has 0 amide bonds. The van der Waals surface area contributed by atoms with E-state index in [2.05, 4.69) is 15.3 Å². The van der Waals surface area contributed by atoms with Gasteiger partial charge >= 0.3 is 0 Å². The number of hydrogen-bond donors (Lipinski definition) is 1. The first-order valence-electron chi connectivity index (χ1n) is 6.82. The number of aromatic nitrogens is 3. The van der Waals surface area contributed by atoms with E-state index in [1.807, 2.05) is 0 Å². The third kappa shape index (κ3) is 3.58. The van der Waals surface area contributed by atoms with Crippen LogP contribution in [0.4, 0.5) is 0 Å². The number of hydrogen-bond acceptors (Lipinski definition) is 7. The van der Waals surface area contributed by atoms with Gasteiger partial charge in [-0.25, -0.2) is 5.10 Å². The van der Waals surface area contributed by atoms with Gasteiger partial charge in [0.2, 0.25) is 10.6 Å². The number of aromatic amines is 1. The van der Waals surface area contributed by atoms with Gasteiger partial charge in [-0.2, -0.15) is 9.78 Å². The number of rotatable bonds is 6. The smallest absolute Gasteiger partial charge is 0.219 e. The van der Waals surface area contributed by atoms with Gasteiger partial charge in [0, 0.05) is 0 Å². The summed E-state index contributed by atoms with van der Waals surface area (Å²) in [6.45, 7) is -0.496. The van der Waals surface area contributed by atoms with Crippen molar-refractivity contribution in [1.82, 2.24) is 14.9 Å². The Hall–Kier alpha value is -3.20. The van der Waals surface area contributed by atoms with Crippen molar-refractivity contribution in [2.45, 2.75) is 0 Å². The van der Waals surface area contributed by atoms with Crippen molar-refractivity contribution in [1.29, 1.82) is 0 Å². The fourth-order valence-corrected chi connectivity index (χ4v) is 2.06. The molecule has 0 atom stereocenters. The highest BCUT2D eigenvalue weighted by molar-refractivity contribution is 7.71. The maximum Gasteiger partial charge on any atom is 0.219 e. The van der Waals surface area contributed by atoms with E-state index in [4.69, 9.17) is 21.4 Å². The normalized spacial score (nSPS) is 11.0. The van der Waals surface area contributed by atoms with Gasteiger partial charge in [-0.05, 0) is 54.2 Å². The monoisotopic (exact) mass is 343 g/mol. The molecule has 0 saturated heterocycles. The van der Waals surface area contributed by atoms with Crippen LogP contribution in [0.2, 0.25) is 0 Å². The lowest BCUT2D eigenvalue weighted by atomic mass is 10.2. The minimum atomic E-state index is -1.28. The van der Waals surface area contributed by atoms with Crippen LogP contribution < -0.4 is 9.84 Å². The summed E-state index contributed by atoms with van der Waals surface area (Å²) in [5.74, 6) is 0.133. The van der Waals surface area contributed by atoms with Crippen LogP contribution in [-0.2, 0) is 4.79 Å². The van der Waals surface area contributed by atoms with Crippen LogP contribution >= 0.6 is 12.2 Å². The molecule has 3 rings (SSSR count). The number of aliphatic carboxylic acids is 1. The molecule has 1 aromatic carbocycles. The van der Waals surface area contributed by atoms with E-state index in [0.717, 1.165) is 5.56 Å². The molecule has 0 bridgehead atoms. The summed E-state index contributed by atoms with van der Waals surface area (Å²) in [5, 5.41) is 21.4. The zero-order chi connectivity index (χ0) is 16.9. The largest absolute Gasteiger partial charge is 0.546 e. The van der Waals surface area contributed by atoms with Crippen LogP contribution in [0.15, 0.2) is 52.2 Å². The number of carbonyl (C=O) groups is 1. The van der Waals surface area contributed by atoms with Gasteiger partial charge in [-0.3, -0.25) is 0 Å². The van der Waals surface area contributed by atoms with Gasteiger partial charge in [0.25, 0.3) is 0 Å². The van der Waals surface area contributed by atoms with Crippen molar-refractivity contribution in [2.75, 3.05) is 6.61 Å². The number of ether oxygens (including phenoxy) is 1. The predicted molar refractivity (Wildman–Crippen MR) is 85.0 cm³/mol. The average molecular weight is 343 g/mol. The lowest BCUT2D eigenvalue weighted by Gasteiger charge is -2.06. The maximum atomic E-state index is 10.3. The Balaban J connectivity index is 1.78. The molecule has 0 aliphatic rings. The zero-order valence-corrected chi connectivity index (χ0v) is 13.0. The number of H-pyrrole nitrogens is 1. The van der Waals surface area contributed by atoms with Crippen LogP contribution in [0.25, 0.3) is 11.6 Å². The van der Waals surface area contributed by atoms with Gasteiger partial charge in [-0.15, -0.1) is 5.10 Å². The molecule has 2 heterocycles. The van der Waals surface area contributed by atoms with E-state index in [-0.39, 0.29) is 0 Å². The van der Waals surface area contributed by atoms with Crippen molar-refractivity contribution < 1.29 is 19.1 Å². The molecule has 1 N–H and O–H groups in total. The second-order valence-corrected chi connectivity index (χ2v) is 5.00. The van der Waals surface area contributed by atoms with Crippen LogP contribution in [0, 0.1) is 4.77 Å². The van der Waals surface area contributed by atoms with Gasteiger partial charge in [-0.1, -0.05) is 0 Å². The molecule has 0 fully saturated rings. The van der Waals surface area contributed by atoms with E-state index in [1.54, 1.807) is 42.6 Å². The highest BCUT2D eigenvalue weighted by Gasteiger charge is 2.10. The number of benzene rings is 1. The lowest BCUT2D eigenvalue weighted by Crippen LogP contribution is -2.28. The summed E-state index contributed by atoms with van der Waals surface area (Å²) in [6, 6.07) is 10.2.